The fourth-order valence-corrected chi connectivity index (χ4v) is 3.94. The Labute approximate surface area is 181 Å². The zero-order valence-corrected chi connectivity index (χ0v) is 18.2. The third kappa shape index (κ3) is 4.86. The lowest BCUT2D eigenvalue weighted by molar-refractivity contribution is -0.384. The van der Waals surface area contributed by atoms with Gasteiger partial charge in [0.2, 0.25) is 0 Å². The Bertz CT molecular complexity index is 1150. The molecule has 10 heteroatoms. The van der Waals surface area contributed by atoms with Crippen LogP contribution >= 0.6 is 22.9 Å². The summed E-state index contributed by atoms with van der Waals surface area (Å²) in [7, 11) is 1.57. The van der Waals surface area contributed by atoms with Gasteiger partial charge in [-0.1, -0.05) is 22.9 Å². The van der Waals surface area contributed by atoms with Crippen molar-refractivity contribution in [3.05, 3.63) is 62.4 Å². The monoisotopic (exact) mass is 449 g/mol. The number of nitro groups is 1. The van der Waals surface area contributed by atoms with E-state index in [2.05, 4.69) is 4.99 Å². The van der Waals surface area contributed by atoms with Gasteiger partial charge < -0.3 is 14.0 Å². The van der Waals surface area contributed by atoms with Gasteiger partial charge in [0.15, 0.2) is 10.4 Å². The molecule has 0 radical (unpaired) electrons. The van der Waals surface area contributed by atoms with E-state index in [4.69, 9.17) is 21.1 Å². The predicted octanol–water partition coefficient (Wildman–Crippen LogP) is 4.20. The Hall–Kier alpha value is -2.75. The zero-order valence-electron chi connectivity index (χ0n) is 16.6. The van der Waals surface area contributed by atoms with Crippen molar-refractivity contribution < 1.29 is 19.2 Å². The molecule has 0 bridgehead atoms. The van der Waals surface area contributed by atoms with Crippen LogP contribution in [0.25, 0.3) is 10.2 Å². The second-order valence-electron chi connectivity index (χ2n) is 6.92. The van der Waals surface area contributed by atoms with Crippen LogP contribution in [0.5, 0.6) is 5.75 Å². The Morgan fingerprint density at radius 1 is 1.27 bits per heavy atom. The number of thiazole rings is 1. The Balaban J connectivity index is 2.00. The lowest BCUT2D eigenvalue weighted by Crippen LogP contribution is -2.38. The molecule has 3 rings (SSSR count). The van der Waals surface area contributed by atoms with Crippen LogP contribution in [0.3, 0.4) is 0 Å². The third-order valence-corrected chi connectivity index (χ3v) is 5.59. The molecule has 0 unspecified atom stereocenters. The SMILES string of the molecule is COCCn1c(=NC(=O)C(C)(C)Oc2ccc(Cl)cc2)sc2cc([N+](=O)[O-])ccc21. The maximum absolute atomic E-state index is 12.9. The average Bonchev–Trinajstić information content (AvgIpc) is 3.04. The molecule has 158 valence electrons. The smallest absolute Gasteiger partial charge is 0.291 e. The van der Waals surface area contributed by atoms with Crippen molar-refractivity contribution in [3.8, 4) is 5.75 Å². The molecule has 0 aliphatic heterocycles. The molecule has 1 heterocycles. The van der Waals surface area contributed by atoms with Gasteiger partial charge in [-0.25, -0.2) is 0 Å². The van der Waals surface area contributed by atoms with Gasteiger partial charge >= 0.3 is 0 Å². The number of nitrogens with zero attached hydrogens (tertiary/aromatic N) is 3. The van der Waals surface area contributed by atoms with Crippen LogP contribution in [0.4, 0.5) is 5.69 Å². The van der Waals surface area contributed by atoms with Crippen molar-refractivity contribution in [1.82, 2.24) is 4.57 Å². The summed E-state index contributed by atoms with van der Waals surface area (Å²) in [6.07, 6.45) is 0. The first-order valence-corrected chi connectivity index (χ1v) is 10.2. The first-order valence-electron chi connectivity index (χ1n) is 9.02. The Kier molecular flexibility index (Phi) is 6.55. The number of nitro benzene ring substituents is 1. The number of rotatable bonds is 7. The number of hydrogen-bond donors (Lipinski definition) is 0. The molecule has 0 atom stereocenters. The van der Waals surface area contributed by atoms with Crippen molar-refractivity contribution in [1.29, 1.82) is 0 Å². The van der Waals surface area contributed by atoms with Crippen LogP contribution in [0, 0.1) is 10.1 Å². The molecule has 0 spiro atoms. The minimum absolute atomic E-state index is 0.0214. The third-order valence-electron chi connectivity index (χ3n) is 4.30. The van der Waals surface area contributed by atoms with Gasteiger partial charge in [-0.2, -0.15) is 4.99 Å². The van der Waals surface area contributed by atoms with E-state index in [1.807, 2.05) is 4.57 Å². The number of hydrogen-bond acceptors (Lipinski definition) is 6. The number of halogens is 1. The van der Waals surface area contributed by atoms with E-state index in [0.29, 0.717) is 33.4 Å². The quantitative estimate of drug-likeness (QED) is 0.398. The minimum atomic E-state index is -1.23. The van der Waals surface area contributed by atoms with Crippen molar-refractivity contribution in [2.75, 3.05) is 13.7 Å². The van der Waals surface area contributed by atoms with Crippen LogP contribution < -0.4 is 9.54 Å². The normalized spacial score (nSPS) is 12.3. The highest BCUT2D eigenvalue weighted by Crippen LogP contribution is 2.24. The fraction of sp³-hybridized carbons (Fsp3) is 0.300. The van der Waals surface area contributed by atoms with Crippen molar-refractivity contribution in [2.45, 2.75) is 26.0 Å². The van der Waals surface area contributed by atoms with Crippen molar-refractivity contribution in [3.63, 3.8) is 0 Å². The van der Waals surface area contributed by atoms with Crippen molar-refractivity contribution in [2.24, 2.45) is 4.99 Å². The van der Waals surface area contributed by atoms with E-state index in [1.165, 1.54) is 23.5 Å². The molecule has 0 fully saturated rings. The van der Waals surface area contributed by atoms with Gasteiger partial charge in [-0.3, -0.25) is 14.9 Å². The summed E-state index contributed by atoms with van der Waals surface area (Å²) in [5.41, 5.74) is -0.507. The molecule has 0 aliphatic rings. The molecule has 0 aliphatic carbocycles. The number of aromatic nitrogens is 1. The van der Waals surface area contributed by atoms with Crippen molar-refractivity contribution >= 4 is 44.7 Å². The zero-order chi connectivity index (χ0) is 21.9. The summed E-state index contributed by atoms with van der Waals surface area (Å²) in [5, 5.41) is 11.7. The molecular formula is C20H20ClN3O5S. The predicted molar refractivity (Wildman–Crippen MR) is 115 cm³/mol. The van der Waals surface area contributed by atoms with Crippen LogP contribution in [-0.4, -0.2) is 34.7 Å². The first kappa shape index (κ1) is 21.9. The molecule has 1 aromatic heterocycles. The summed E-state index contributed by atoms with van der Waals surface area (Å²) in [6, 6.07) is 11.2. The number of methoxy groups -OCH3 is 1. The summed E-state index contributed by atoms with van der Waals surface area (Å²) < 4.78 is 13.4. The summed E-state index contributed by atoms with van der Waals surface area (Å²) in [6.45, 7) is 4.10. The van der Waals surface area contributed by atoms with Gasteiger partial charge in [-0.15, -0.1) is 0 Å². The van der Waals surface area contributed by atoms with Crippen LogP contribution in [0.2, 0.25) is 5.02 Å². The standard InChI is InChI=1S/C20H20ClN3O5S/c1-20(2,29-15-7-4-13(21)5-8-15)18(25)22-19-23(10-11-28-3)16-9-6-14(24(26)27)12-17(16)30-19/h4-9,12H,10-11H2,1-3H3. The second-order valence-corrected chi connectivity index (χ2v) is 8.37. The number of fused-ring (bicyclic) bond motifs is 1. The van der Waals surface area contributed by atoms with Gasteiger partial charge in [-0.05, 0) is 44.2 Å². The first-order chi connectivity index (χ1) is 14.2. The van der Waals surface area contributed by atoms with Gasteiger partial charge in [0, 0.05) is 30.8 Å². The maximum atomic E-state index is 12.9. The molecule has 2 aromatic carbocycles. The Morgan fingerprint density at radius 2 is 1.97 bits per heavy atom. The molecule has 1 amide bonds. The second kappa shape index (κ2) is 8.95. The minimum Gasteiger partial charge on any atom is -0.478 e. The molecular weight excluding hydrogens is 430 g/mol. The van der Waals surface area contributed by atoms with Crippen LogP contribution in [-0.2, 0) is 16.1 Å². The number of carbonyl (C=O) groups excluding carboxylic acids is 1. The molecule has 30 heavy (non-hydrogen) atoms. The lowest BCUT2D eigenvalue weighted by atomic mass is 10.1. The van der Waals surface area contributed by atoms with Crippen LogP contribution in [0.15, 0.2) is 47.5 Å². The lowest BCUT2D eigenvalue weighted by Gasteiger charge is -2.22. The number of ether oxygens (including phenoxy) is 2. The largest absolute Gasteiger partial charge is 0.478 e. The number of carbonyl (C=O) groups is 1. The maximum Gasteiger partial charge on any atom is 0.291 e. The summed E-state index contributed by atoms with van der Waals surface area (Å²) in [4.78, 5) is 28.3. The van der Waals surface area contributed by atoms with E-state index >= 15 is 0 Å². The van der Waals surface area contributed by atoms with E-state index in [1.54, 1.807) is 51.3 Å². The Morgan fingerprint density at radius 3 is 2.60 bits per heavy atom. The highest BCUT2D eigenvalue weighted by atomic mass is 35.5. The molecule has 0 saturated carbocycles. The highest BCUT2D eigenvalue weighted by Gasteiger charge is 2.30. The van der Waals surface area contributed by atoms with E-state index < -0.39 is 16.4 Å². The van der Waals surface area contributed by atoms with E-state index in [0.717, 1.165) is 5.52 Å². The highest BCUT2D eigenvalue weighted by molar-refractivity contribution is 7.16. The van der Waals surface area contributed by atoms with Gasteiger partial charge in [0.1, 0.15) is 5.75 Å². The summed E-state index contributed by atoms with van der Waals surface area (Å²) >= 11 is 7.09. The van der Waals surface area contributed by atoms with E-state index in [-0.39, 0.29) is 5.69 Å². The number of non-ortho nitro benzene ring substituents is 1. The molecule has 8 nitrogen and oxygen atoms in total. The molecule has 0 saturated heterocycles. The average molecular weight is 450 g/mol. The van der Waals surface area contributed by atoms with Crippen LogP contribution in [0.1, 0.15) is 13.8 Å². The number of benzene rings is 2. The topological polar surface area (TPSA) is 96.0 Å². The fourth-order valence-electron chi connectivity index (χ4n) is 2.72. The van der Waals surface area contributed by atoms with E-state index in [9.17, 15) is 14.9 Å². The van der Waals surface area contributed by atoms with Gasteiger partial charge in [0.25, 0.3) is 11.6 Å². The number of amides is 1. The summed E-state index contributed by atoms with van der Waals surface area (Å²) in [5.74, 6) is 0.0110. The molecule has 3 aromatic rings. The van der Waals surface area contributed by atoms with Gasteiger partial charge in [0.05, 0.1) is 21.7 Å². The molecule has 0 N–H and O–H groups in total.